The van der Waals surface area contributed by atoms with Crippen molar-refractivity contribution in [2.45, 2.75) is 25.8 Å². The average molecular weight is 391 g/mol. The highest BCUT2D eigenvalue weighted by molar-refractivity contribution is 6.31. The number of aryl methyl sites for hydroxylation is 1. The summed E-state index contributed by atoms with van der Waals surface area (Å²) in [5.41, 5.74) is 0.452. The van der Waals surface area contributed by atoms with E-state index in [1.54, 1.807) is 15.8 Å². The Morgan fingerprint density at radius 3 is 3.07 bits per heavy atom. The van der Waals surface area contributed by atoms with E-state index in [4.69, 9.17) is 16.1 Å². The first-order valence-electron chi connectivity index (χ1n) is 8.54. The van der Waals surface area contributed by atoms with E-state index < -0.39 is 5.82 Å². The van der Waals surface area contributed by atoms with Crippen LogP contribution in [0.2, 0.25) is 5.02 Å². The molecule has 1 aliphatic rings. The number of carbonyl (C=O) groups is 1. The topological polar surface area (TPSA) is 89.9 Å². The van der Waals surface area contributed by atoms with Crippen LogP contribution in [0.1, 0.15) is 35.6 Å². The van der Waals surface area contributed by atoms with Crippen molar-refractivity contribution >= 4 is 17.5 Å². The summed E-state index contributed by atoms with van der Waals surface area (Å²) in [5.74, 6) is -0.0629. The van der Waals surface area contributed by atoms with Crippen molar-refractivity contribution in [2.24, 2.45) is 0 Å². The van der Waals surface area contributed by atoms with Crippen LogP contribution < -0.4 is 0 Å². The molecule has 27 heavy (non-hydrogen) atoms. The van der Waals surface area contributed by atoms with Crippen molar-refractivity contribution in [3.05, 3.63) is 46.6 Å². The fourth-order valence-corrected chi connectivity index (χ4v) is 3.20. The lowest BCUT2D eigenvalue weighted by Crippen LogP contribution is -2.30. The molecule has 1 unspecified atom stereocenters. The molecule has 140 valence electrons. The van der Waals surface area contributed by atoms with Crippen molar-refractivity contribution in [2.75, 3.05) is 13.1 Å². The number of likely N-dealkylation sites (tertiary alicyclic amines) is 1. The Morgan fingerprint density at radius 1 is 1.44 bits per heavy atom. The van der Waals surface area contributed by atoms with E-state index in [1.165, 1.54) is 18.2 Å². The van der Waals surface area contributed by atoms with Crippen molar-refractivity contribution in [1.82, 2.24) is 30.0 Å². The van der Waals surface area contributed by atoms with Crippen molar-refractivity contribution in [1.29, 1.82) is 0 Å². The molecule has 1 fully saturated rings. The summed E-state index contributed by atoms with van der Waals surface area (Å²) in [7, 11) is 0. The van der Waals surface area contributed by atoms with Gasteiger partial charge in [-0.3, -0.25) is 4.79 Å². The molecule has 0 saturated carbocycles. The molecule has 3 heterocycles. The Morgan fingerprint density at radius 2 is 2.30 bits per heavy atom. The SMILES string of the molecule is CCc1noc(-c2cn(C3CCN(C(=O)c4cc(Cl)ccc4F)C3)nn2)n1. The van der Waals surface area contributed by atoms with E-state index in [0.717, 1.165) is 0 Å². The highest BCUT2D eigenvalue weighted by Gasteiger charge is 2.30. The summed E-state index contributed by atoms with van der Waals surface area (Å²) < 4.78 is 20.8. The van der Waals surface area contributed by atoms with Crippen molar-refractivity contribution in [3.63, 3.8) is 0 Å². The standard InChI is InChI=1S/C17H16ClFN6O2/c1-2-15-20-16(27-22-15)14-9-25(23-21-14)11-5-6-24(8-11)17(26)12-7-10(18)3-4-13(12)19/h3-4,7,9,11H,2,5-6,8H2,1H3. The van der Waals surface area contributed by atoms with E-state index in [2.05, 4.69) is 20.5 Å². The van der Waals surface area contributed by atoms with E-state index in [9.17, 15) is 9.18 Å². The number of rotatable bonds is 4. The average Bonchev–Trinajstić information content (AvgIpc) is 3.41. The molecule has 1 aromatic carbocycles. The fourth-order valence-electron chi connectivity index (χ4n) is 3.03. The van der Waals surface area contributed by atoms with Gasteiger partial charge in [-0.25, -0.2) is 9.07 Å². The zero-order valence-electron chi connectivity index (χ0n) is 14.5. The second-order valence-electron chi connectivity index (χ2n) is 6.27. The van der Waals surface area contributed by atoms with Crippen LogP contribution in [0.4, 0.5) is 4.39 Å². The summed E-state index contributed by atoms with van der Waals surface area (Å²) >= 11 is 5.89. The van der Waals surface area contributed by atoms with E-state index >= 15 is 0 Å². The summed E-state index contributed by atoms with van der Waals surface area (Å²) in [6.07, 6.45) is 3.06. The summed E-state index contributed by atoms with van der Waals surface area (Å²) in [4.78, 5) is 18.4. The van der Waals surface area contributed by atoms with Crippen molar-refractivity contribution < 1.29 is 13.7 Å². The molecule has 0 radical (unpaired) electrons. The molecule has 0 spiro atoms. The van der Waals surface area contributed by atoms with Crippen LogP contribution >= 0.6 is 11.6 Å². The molecule has 0 N–H and O–H groups in total. The third kappa shape index (κ3) is 3.42. The van der Waals surface area contributed by atoms with Gasteiger partial charge in [0.05, 0.1) is 17.8 Å². The predicted molar refractivity (Wildman–Crippen MR) is 93.7 cm³/mol. The quantitative estimate of drug-likeness (QED) is 0.680. The number of hydrogen-bond donors (Lipinski definition) is 0. The monoisotopic (exact) mass is 390 g/mol. The number of carbonyl (C=O) groups excluding carboxylic acids is 1. The number of aromatic nitrogens is 5. The van der Waals surface area contributed by atoms with Crippen LogP contribution in [0.25, 0.3) is 11.6 Å². The molecule has 1 amide bonds. The predicted octanol–water partition coefficient (Wildman–Crippen LogP) is 2.77. The van der Waals surface area contributed by atoms with Gasteiger partial charge in [0.25, 0.3) is 11.8 Å². The Labute approximate surface area is 158 Å². The minimum absolute atomic E-state index is 0.0274. The highest BCUT2D eigenvalue weighted by Crippen LogP contribution is 2.25. The first-order chi connectivity index (χ1) is 13.0. The second-order valence-corrected chi connectivity index (χ2v) is 6.71. The van der Waals surface area contributed by atoms with Gasteiger partial charge in [0.15, 0.2) is 11.5 Å². The summed E-state index contributed by atoms with van der Waals surface area (Å²) in [6, 6.07) is 3.90. The molecule has 3 aromatic rings. The maximum atomic E-state index is 14.0. The summed E-state index contributed by atoms with van der Waals surface area (Å²) in [5, 5.41) is 12.3. The lowest BCUT2D eigenvalue weighted by atomic mass is 10.2. The maximum Gasteiger partial charge on any atom is 0.280 e. The zero-order chi connectivity index (χ0) is 19.0. The van der Waals surface area contributed by atoms with Gasteiger partial charge in [-0.2, -0.15) is 4.98 Å². The molecule has 10 heteroatoms. The van der Waals surface area contributed by atoms with Crippen LogP contribution in [-0.4, -0.2) is 49.0 Å². The van der Waals surface area contributed by atoms with E-state index in [0.29, 0.717) is 48.4 Å². The molecule has 4 rings (SSSR count). The zero-order valence-corrected chi connectivity index (χ0v) is 15.2. The Balaban J connectivity index is 1.48. The van der Waals surface area contributed by atoms with Crippen LogP contribution in [0.15, 0.2) is 28.9 Å². The molecular formula is C17H16ClFN6O2. The number of hydrogen-bond acceptors (Lipinski definition) is 6. The van der Waals surface area contributed by atoms with Crippen LogP contribution in [-0.2, 0) is 6.42 Å². The molecule has 1 atom stereocenters. The second kappa shape index (κ2) is 7.07. The Bertz CT molecular complexity index is 987. The molecule has 8 nitrogen and oxygen atoms in total. The van der Waals surface area contributed by atoms with Crippen LogP contribution in [0, 0.1) is 5.82 Å². The lowest BCUT2D eigenvalue weighted by molar-refractivity contribution is 0.0782. The van der Waals surface area contributed by atoms with Gasteiger partial charge in [-0.15, -0.1) is 5.10 Å². The van der Waals surface area contributed by atoms with Gasteiger partial charge < -0.3 is 9.42 Å². The van der Waals surface area contributed by atoms with E-state index in [-0.39, 0.29) is 17.5 Å². The number of benzene rings is 1. The fraction of sp³-hybridized carbons (Fsp3) is 0.353. The number of nitrogens with zero attached hydrogens (tertiary/aromatic N) is 6. The van der Waals surface area contributed by atoms with Gasteiger partial charge in [-0.05, 0) is 24.6 Å². The summed E-state index contributed by atoms with van der Waals surface area (Å²) in [6.45, 7) is 2.82. The first-order valence-corrected chi connectivity index (χ1v) is 8.92. The molecular weight excluding hydrogens is 375 g/mol. The molecule has 1 saturated heterocycles. The van der Waals surface area contributed by atoms with Gasteiger partial charge in [0.1, 0.15) is 5.82 Å². The number of amides is 1. The minimum Gasteiger partial charge on any atom is -0.336 e. The van der Waals surface area contributed by atoms with Gasteiger partial charge >= 0.3 is 0 Å². The molecule has 0 bridgehead atoms. The highest BCUT2D eigenvalue weighted by atomic mass is 35.5. The molecule has 2 aromatic heterocycles. The van der Waals surface area contributed by atoms with Crippen molar-refractivity contribution in [3.8, 4) is 11.6 Å². The lowest BCUT2D eigenvalue weighted by Gasteiger charge is -2.17. The maximum absolute atomic E-state index is 14.0. The normalized spacial score (nSPS) is 16.9. The Hall–Kier alpha value is -2.81. The van der Waals surface area contributed by atoms with Gasteiger partial charge in [0, 0.05) is 24.5 Å². The molecule has 1 aliphatic heterocycles. The smallest absolute Gasteiger partial charge is 0.280 e. The number of halogens is 2. The third-order valence-electron chi connectivity index (χ3n) is 4.50. The Kier molecular flexibility index (Phi) is 4.61. The molecule has 0 aliphatic carbocycles. The largest absolute Gasteiger partial charge is 0.336 e. The van der Waals surface area contributed by atoms with Gasteiger partial charge in [0.2, 0.25) is 0 Å². The van der Waals surface area contributed by atoms with Gasteiger partial charge in [-0.1, -0.05) is 28.9 Å². The van der Waals surface area contributed by atoms with Crippen LogP contribution in [0.3, 0.4) is 0 Å². The first kappa shape index (κ1) is 17.6. The van der Waals surface area contributed by atoms with Crippen LogP contribution in [0.5, 0.6) is 0 Å². The minimum atomic E-state index is -0.584. The van der Waals surface area contributed by atoms with E-state index in [1.807, 2.05) is 6.92 Å². The third-order valence-corrected chi connectivity index (χ3v) is 4.73.